The summed E-state index contributed by atoms with van der Waals surface area (Å²) in [5.41, 5.74) is 1.40. The van der Waals surface area contributed by atoms with Gasteiger partial charge < -0.3 is 14.2 Å². The molecule has 1 aromatic heterocycles. The molecule has 146 valence electrons. The number of hydrogen-bond acceptors (Lipinski definition) is 4. The maximum atomic E-state index is 12.6. The molecule has 1 unspecified atom stereocenters. The van der Waals surface area contributed by atoms with E-state index in [2.05, 4.69) is 20.8 Å². The van der Waals surface area contributed by atoms with Gasteiger partial charge in [0.2, 0.25) is 0 Å². The molecule has 0 bridgehead atoms. The van der Waals surface area contributed by atoms with Gasteiger partial charge in [0.1, 0.15) is 30.2 Å². The summed E-state index contributed by atoms with van der Waals surface area (Å²) in [6.07, 6.45) is 4.84. The van der Waals surface area contributed by atoms with Crippen molar-refractivity contribution in [3.63, 3.8) is 0 Å². The fraction of sp³-hybridized carbons (Fsp3) is 0.455. The molecule has 0 spiro atoms. The van der Waals surface area contributed by atoms with Crippen LogP contribution < -0.4 is 14.0 Å². The zero-order valence-electron chi connectivity index (χ0n) is 17.1. The molecular formula is C22H30NO4+. The third kappa shape index (κ3) is 5.71. The zero-order chi connectivity index (χ0) is 20.0. The smallest absolute Gasteiger partial charge is 0.344 e. The second kappa shape index (κ2) is 8.89. The van der Waals surface area contributed by atoms with Gasteiger partial charge >= 0.3 is 5.97 Å². The maximum Gasteiger partial charge on any atom is 0.344 e. The highest BCUT2D eigenvalue weighted by Gasteiger charge is 2.29. The highest BCUT2D eigenvalue weighted by Crippen LogP contribution is 2.30. The van der Waals surface area contributed by atoms with Crippen LogP contribution >= 0.6 is 0 Å². The van der Waals surface area contributed by atoms with Crippen molar-refractivity contribution in [2.24, 2.45) is 12.5 Å². The monoisotopic (exact) mass is 372 g/mol. The predicted octanol–water partition coefficient (Wildman–Crippen LogP) is 3.73. The van der Waals surface area contributed by atoms with E-state index in [0.717, 1.165) is 23.5 Å². The van der Waals surface area contributed by atoms with Crippen LogP contribution in [0.2, 0.25) is 0 Å². The molecule has 0 aliphatic heterocycles. The molecule has 0 aliphatic carbocycles. The predicted molar refractivity (Wildman–Crippen MR) is 104 cm³/mol. The van der Waals surface area contributed by atoms with Crippen molar-refractivity contribution < 1.29 is 23.6 Å². The summed E-state index contributed by atoms with van der Waals surface area (Å²) >= 11 is 0. The number of aromatic nitrogens is 1. The van der Waals surface area contributed by atoms with Gasteiger partial charge in [-0.15, -0.1) is 0 Å². The number of methoxy groups -OCH3 is 2. The Morgan fingerprint density at radius 3 is 2.48 bits per heavy atom. The van der Waals surface area contributed by atoms with E-state index in [1.165, 1.54) is 0 Å². The van der Waals surface area contributed by atoms with Crippen LogP contribution in [0.3, 0.4) is 0 Å². The lowest BCUT2D eigenvalue weighted by Crippen LogP contribution is -2.33. The van der Waals surface area contributed by atoms with Crippen LogP contribution in [0.4, 0.5) is 0 Å². The van der Waals surface area contributed by atoms with Crippen LogP contribution in [0.1, 0.15) is 43.1 Å². The Bertz CT molecular complexity index is 780. The van der Waals surface area contributed by atoms with Gasteiger partial charge in [-0.05, 0) is 48.1 Å². The molecule has 5 heteroatoms. The quantitative estimate of drug-likeness (QED) is 0.549. The number of esters is 1. The Morgan fingerprint density at radius 2 is 1.89 bits per heavy atom. The molecule has 5 nitrogen and oxygen atoms in total. The number of pyridine rings is 1. The first-order chi connectivity index (χ1) is 12.7. The van der Waals surface area contributed by atoms with Gasteiger partial charge in [0.15, 0.2) is 12.4 Å². The molecule has 0 saturated carbocycles. The standard InChI is InChI=1S/C22H30NO4/c1-22(2,3)20(27-21(24)17-8-7-13-23(4)15-17)12-9-16-14-18(25-5)10-11-19(16)26-6/h7-8,10-11,13-15,20H,9,12H2,1-6H3/q+1. The second-order valence-electron chi connectivity index (χ2n) is 7.73. The number of ether oxygens (including phenoxy) is 3. The van der Waals surface area contributed by atoms with Crippen LogP contribution in [0, 0.1) is 5.41 Å². The molecule has 0 aliphatic rings. The number of carbonyl (C=O) groups excluding carboxylic acids is 1. The van der Waals surface area contributed by atoms with E-state index in [4.69, 9.17) is 14.2 Å². The van der Waals surface area contributed by atoms with Gasteiger partial charge in [-0.3, -0.25) is 0 Å². The lowest BCUT2D eigenvalue weighted by atomic mass is 9.85. The van der Waals surface area contributed by atoms with Gasteiger partial charge in [-0.1, -0.05) is 20.8 Å². The first-order valence-corrected chi connectivity index (χ1v) is 9.11. The number of nitrogens with zero attached hydrogens (tertiary/aromatic N) is 1. The summed E-state index contributed by atoms with van der Waals surface area (Å²) in [5, 5.41) is 0. The minimum atomic E-state index is -0.302. The van der Waals surface area contributed by atoms with Crippen molar-refractivity contribution in [3.8, 4) is 11.5 Å². The first-order valence-electron chi connectivity index (χ1n) is 9.11. The van der Waals surface area contributed by atoms with E-state index in [1.807, 2.05) is 42.1 Å². The first kappa shape index (κ1) is 20.7. The molecule has 0 radical (unpaired) electrons. The summed E-state index contributed by atoms with van der Waals surface area (Å²) in [6, 6.07) is 9.35. The minimum Gasteiger partial charge on any atom is -0.497 e. The Morgan fingerprint density at radius 1 is 1.15 bits per heavy atom. The fourth-order valence-electron chi connectivity index (χ4n) is 2.94. The number of aryl methyl sites for hydroxylation is 2. The Hall–Kier alpha value is -2.56. The number of carbonyl (C=O) groups is 1. The van der Waals surface area contributed by atoms with E-state index >= 15 is 0 Å². The van der Waals surface area contributed by atoms with Crippen LogP contribution in [0.15, 0.2) is 42.7 Å². The molecule has 2 rings (SSSR count). The molecule has 1 aromatic carbocycles. The third-order valence-electron chi connectivity index (χ3n) is 4.55. The third-order valence-corrected chi connectivity index (χ3v) is 4.55. The minimum absolute atomic E-state index is 0.182. The maximum absolute atomic E-state index is 12.6. The number of rotatable bonds is 7. The fourth-order valence-corrected chi connectivity index (χ4v) is 2.94. The molecule has 0 saturated heterocycles. The van der Waals surface area contributed by atoms with Crippen molar-refractivity contribution in [1.82, 2.24) is 0 Å². The van der Waals surface area contributed by atoms with Gasteiger partial charge in [0.25, 0.3) is 0 Å². The average Bonchev–Trinajstić information content (AvgIpc) is 2.63. The van der Waals surface area contributed by atoms with Crippen molar-refractivity contribution in [2.75, 3.05) is 14.2 Å². The summed E-state index contributed by atoms with van der Waals surface area (Å²) in [6.45, 7) is 6.25. The lowest BCUT2D eigenvalue weighted by Gasteiger charge is -2.30. The summed E-state index contributed by atoms with van der Waals surface area (Å²) < 4.78 is 18.5. The summed E-state index contributed by atoms with van der Waals surface area (Å²) in [7, 11) is 5.18. The second-order valence-corrected chi connectivity index (χ2v) is 7.73. The molecule has 2 aromatic rings. The van der Waals surface area contributed by atoms with E-state index in [9.17, 15) is 4.79 Å². The molecule has 1 heterocycles. The van der Waals surface area contributed by atoms with Crippen molar-refractivity contribution in [2.45, 2.75) is 39.7 Å². The normalized spacial score (nSPS) is 12.4. The topological polar surface area (TPSA) is 48.6 Å². The van der Waals surface area contributed by atoms with E-state index in [-0.39, 0.29) is 17.5 Å². The van der Waals surface area contributed by atoms with Gasteiger partial charge in [0.05, 0.1) is 14.2 Å². The summed E-state index contributed by atoms with van der Waals surface area (Å²) in [5.74, 6) is 1.29. The van der Waals surface area contributed by atoms with Crippen LogP contribution in [0.25, 0.3) is 0 Å². The van der Waals surface area contributed by atoms with E-state index in [0.29, 0.717) is 12.0 Å². The Balaban J connectivity index is 2.15. The highest BCUT2D eigenvalue weighted by molar-refractivity contribution is 5.88. The molecular weight excluding hydrogens is 342 g/mol. The average molecular weight is 372 g/mol. The summed E-state index contributed by atoms with van der Waals surface area (Å²) in [4.78, 5) is 12.6. The molecule has 0 fully saturated rings. The molecule has 0 N–H and O–H groups in total. The molecule has 1 atom stereocenters. The Labute approximate surface area is 161 Å². The number of hydrogen-bond donors (Lipinski definition) is 0. The van der Waals surface area contributed by atoms with Crippen LogP contribution in [0.5, 0.6) is 11.5 Å². The largest absolute Gasteiger partial charge is 0.497 e. The van der Waals surface area contributed by atoms with Crippen molar-refractivity contribution in [1.29, 1.82) is 0 Å². The molecule has 0 amide bonds. The number of benzene rings is 1. The van der Waals surface area contributed by atoms with Crippen LogP contribution in [-0.2, 0) is 18.2 Å². The molecule has 27 heavy (non-hydrogen) atoms. The zero-order valence-corrected chi connectivity index (χ0v) is 17.1. The SMILES string of the molecule is COc1ccc(OC)c(CCC(OC(=O)c2ccc[n+](C)c2)C(C)(C)C)c1. The van der Waals surface area contributed by atoms with Gasteiger partial charge in [-0.2, -0.15) is 0 Å². The van der Waals surface area contributed by atoms with Crippen LogP contribution in [-0.4, -0.2) is 26.3 Å². The van der Waals surface area contributed by atoms with Crippen molar-refractivity contribution in [3.05, 3.63) is 53.9 Å². The Kier molecular flexibility index (Phi) is 6.83. The lowest BCUT2D eigenvalue weighted by molar-refractivity contribution is -0.671. The van der Waals surface area contributed by atoms with E-state index in [1.54, 1.807) is 26.5 Å². The van der Waals surface area contributed by atoms with E-state index < -0.39 is 0 Å². The van der Waals surface area contributed by atoms with Gasteiger partial charge in [-0.25, -0.2) is 9.36 Å². The highest BCUT2D eigenvalue weighted by atomic mass is 16.5. The van der Waals surface area contributed by atoms with Gasteiger partial charge in [0, 0.05) is 6.07 Å². The van der Waals surface area contributed by atoms with Crippen molar-refractivity contribution >= 4 is 5.97 Å².